The van der Waals surface area contributed by atoms with Crippen molar-refractivity contribution in [1.29, 1.82) is 0 Å². The minimum absolute atomic E-state index is 0.0904. The zero-order valence-corrected chi connectivity index (χ0v) is 14.7. The van der Waals surface area contributed by atoms with Gasteiger partial charge in [0.25, 0.3) is 0 Å². The second kappa shape index (κ2) is 7.32. The number of aromatic nitrogens is 1. The van der Waals surface area contributed by atoms with Crippen molar-refractivity contribution >= 4 is 15.8 Å². The molecule has 0 spiro atoms. The van der Waals surface area contributed by atoms with Gasteiger partial charge in [-0.15, -0.1) is 0 Å². The van der Waals surface area contributed by atoms with Crippen molar-refractivity contribution in [3.8, 4) is 0 Å². The third kappa shape index (κ3) is 3.94. The first-order valence-corrected chi connectivity index (χ1v) is 9.84. The van der Waals surface area contributed by atoms with Crippen LogP contribution in [0.4, 0.5) is 5.82 Å². The summed E-state index contributed by atoms with van der Waals surface area (Å²) in [7, 11) is -3.48. The molecule has 2 heterocycles. The average molecular weight is 345 g/mol. The van der Waals surface area contributed by atoms with Crippen molar-refractivity contribution in [2.45, 2.75) is 37.1 Å². The Kier molecular flexibility index (Phi) is 5.16. The van der Waals surface area contributed by atoms with Crippen LogP contribution < -0.4 is 9.62 Å². The van der Waals surface area contributed by atoms with Crippen molar-refractivity contribution in [1.82, 2.24) is 9.71 Å². The second-order valence-electron chi connectivity index (χ2n) is 6.13. The van der Waals surface area contributed by atoms with Crippen LogP contribution in [0.5, 0.6) is 0 Å². The molecule has 1 atom stereocenters. The Morgan fingerprint density at radius 2 is 2.00 bits per heavy atom. The number of pyridine rings is 1. The summed E-state index contributed by atoms with van der Waals surface area (Å²) in [4.78, 5) is 6.77. The molecule has 1 N–H and O–H groups in total. The number of benzene rings is 1. The van der Waals surface area contributed by atoms with Crippen LogP contribution in [0.3, 0.4) is 0 Å². The van der Waals surface area contributed by atoms with Gasteiger partial charge in [-0.05, 0) is 42.7 Å². The van der Waals surface area contributed by atoms with E-state index in [4.69, 9.17) is 0 Å². The van der Waals surface area contributed by atoms with E-state index in [-0.39, 0.29) is 6.04 Å². The summed E-state index contributed by atoms with van der Waals surface area (Å²) in [5, 5.41) is 0. The fraction of sp³-hybridized carbons (Fsp3) is 0.389. The van der Waals surface area contributed by atoms with E-state index in [1.165, 1.54) is 5.56 Å². The molecule has 128 valence electrons. The fourth-order valence-electron chi connectivity index (χ4n) is 3.02. The summed E-state index contributed by atoms with van der Waals surface area (Å²) < 4.78 is 27.9. The molecule has 2 aromatic rings. The molecular formula is C18H23N3O2S. The van der Waals surface area contributed by atoms with Crippen molar-refractivity contribution < 1.29 is 8.42 Å². The zero-order valence-electron chi connectivity index (χ0n) is 13.9. The molecule has 3 rings (SSSR count). The van der Waals surface area contributed by atoms with Crippen LogP contribution in [-0.4, -0.2) is 32.5 Å². The van der Waals surface area contributed by atoms with Crippen LogP contribution in [0.1, 0.15) is 25.3 Å². The van der Waals surface area contributed by atoms with Gasteiger partial charge in [-0.1, -0.05) is 31.5 Å². The third-order valence-electron chi connectivity index (χ3n) is 4.26. The van der Waals surface area contributed by atoms with E-state index in [2.05, 4.69) is 21.5 Å². The molecule has 1 aromatic heterocycles. The van der Waals surface area contributed by atoms with E-state index in [0.717, 1.165) is 31.6 Å². The van der Waals surface area contributed by atoms with Gasteiger partial charge in [-0.2, -0.15) is 0 Å². The highest BCUT2D eigenvalue weighted by Crippen LogP contribution is 2.19. The molecule has 0 saturated carbocycles. The monoisotopic (exact) mass is 345 g/mol. The third-order valence-corrected chi connectivity index (χ3v) is 5.79. The van der Waals surface area contributed by atoms with Gasteiger partial charge in [0.2, 0.25) is 10.0 Å². The standard InChI is InChI=1S/C18H23N3O2S/c1-2-5-15-7-9-17(10-8-15)24(22,23)20-16-11-13-21(14-16)18-6-3-4-12-19-18/h3-4,6-10,12,16,20H,2,5,11,13-14H2,1H3. The molecule has 0 aliphatic carbocycles. The summed E-state index contributed by atoms with van der Waals surface area (Å²) in [6.07, 6.45) is 4.56. The lowest BCUT2D eigenvalue weighted by Crippen LogP contribution is -2.37. The number of hydrogen-bond acceptors (Lipinski definition) is 4. The molecule has 1 unspecified atom stereocenters. The number of hydrogen-bond donors (Lipinski definition) is 1. The zero-order chi connectivity index (χ0) is 17.0. The largest absolute Gasteiger partial charge is 0.355 e. The average Bonchev–Trinajstić information content (AvgIpc) is 3.04. The van der Waals surface area contributed by atoms with Crippen LogP contribution in [0, 0.1) is 0 Å². The maximum Gasteiger partial charge on any atom is 0.240 e. The lowest BCUT2D eigenvalue weighted by Gasteiger charge is -2.17. The summed E-state index contributed by atoms with van der Waals surface area (Å²) in [6.45, 7) is 3.56. The Morgan fingerprint density at radius 3 is 2.67 bits per heavy atom. The van der Waals surface area contributed by atoms with E-state index >= 15 is 0 Å². The van der Waals surface area contributed by atoms with Crippen LogP contribution in [0.15, 0.2) is 53.6 Å². The van der Waals surface area contributed by atoms with Gasteiger partial charge < -0.3 is 4.90 Å². The second-order valence-corrected chi connectivity index (χ2v) is 7.85. The SMILES string of the molecule is CCCc1ccc(S(=O)(=O)NC2CCN(c3ccccn3)C2)cc1. The Labute approximate surface area is 143 Å². The van der Waals surface area contributed by atoms with E-state index in [1.807, 2.05) is 30.3 Å². The number of nitrogens with one attached hydrogen (secondary N) is 1. The maximum absolute atomic E-state index is 12.6. The van der Waals surface area contributed by atoms with Gasteiger partial charge in [0, 0.05) is 25.3 Å². The fourth-order valence-corrected chi connectivity index (χ4v) is 4.28. The van der Waals surface area contributed by atoms with Gasteiger partial charge in [-0.25, -0.2) is 18.1 Å². The van der Waals surface area contributed by atoms with E-state index in [1.54, 1.807) is 18.3 Å². The number of aryl methyl sites for hydroxylation is 1. The molecule has 0 amide bonds. The first kappa shape index (κ1) is 16.9. The summed E-state index contributed by atoms with van der Waals surface area (Å²) in [5.74, 6) is 0.892. The van der Waals surface area contributed by atoms with Gasteiger partial charge in [0.15, 0.2) is 0 Å². The molecule has 6 heteroatoms. The minimum atomic E-state index is -3.48. The van der Waals surface area contributed by atoms with Crippen LogP contribution in [0.25, 0.3) is 0 Å². The molecule has 1 fully saturated rings. The molecule has 5 nitrogen and oxygen atoms in total. The Morgan fingerprint density at radius 1 is 1.21 bits per heavy atom. The molecule has 1 saturated heterocycles. The highest BCUT2D eigenvalue weighted by molar-refractivity contribution is 7.89. The van der Waals surface area contributed by atoms with Gasteiger partial charge in [0.05, 0.1) is 4.90 Å². The molecule has 0 radical (unpaired) electrons. The van der Waals surface area contributed by atoms with Crippen molar-refractivity contribution in [3.63, 3.8) is 0 Å². The molecule has 0 bridgehead atoms. The molecule has 24 heavy (non-hydrogen) atoms. The van der Waals surface area contributed by atoms with Crippen molar-refractivity contribution in [2.24, 2.45) is 0 Å². The minimum Gasteiger partial charge on any atom is -0.355 e. The maximum atomic E-state index is 12.6. The Hall–Kier alpha value is -1.92. The molecule has 1 aliphatic heterocycles. The number of rotatable bonds is 6. The summed E-state index contributed by atoms with van der Waals surface area (Å²) >= 11 is 0. The number of nitrogens with zero attached hydrogens (tertiary/aromatic N) is 2. The number of anilines is 1. The van der Waals surface area contributed by atoms with Crippen molar-refractivity contribution in [3.05, 3.63) is 54.2 Å². The first-order chi connectivity index (χ1) is 11.6. The predicted octanol–water partition coefficient (Wildman–Crippen LogP) is 2.59. The van der Waals surface area contributed by atoms with E-state index < -0.39 is 10.0 Å². The molecule has 1 aliphatic rings. The predicted molar refractivity (Wildman–Crippen MR) is 95.6 cm³/mol. The van der Waals surface area contributed by atoms with Gasteiger partial charge in [-0.3, -0.25) is 0 Å². The summed E-state index contributed by atoms with van der Waals surface area (Å²) in [5.41, 5.74) is 1.17. The highest BCUT2D eigenvalue weighted by Gasteiger charge is 2.27. The van der Waals surface area contributed by atoms with Crippen LogP contribution in [0.2, 0.25) is 0 Å². The Balaban J connectivity index is 1.65. The van der Waals surface area contributed by atoms with E-state index in [9.17, 15) is 8.42 Å². The lowest BCUT2D eigenvalue weighted by atomic mass is 10.1. The lowest BCUT2D eigenvalue weighted by molar-refractivity contribution is 0.561. The normalized spacial score (nSPS) is 18.0. The topological polar surface area (TPSA) is 62.3 Å². The summed E-state index contributed by atoms with van der Waals surface area (Å²) in [6, 6.07) is 12.9. The first-order valence-electron chi connectivity index (χ1n) is 8.36. The highest BCUT2D eigenvalue weighted by atomic mass is 32.2. The smallest absolute Gasteiger partial charge is 0.240 e. The quantitative estimate of drug-likeness (QED) is 0.874. The van der Waals surface area contributed by atoms with E-state index in [0.29, 0.717) is 11.4 Å². The van der Waals surface area contributed by atoms with Gasteiger partial charge in [0.1, 0.15) is 5.82 Å². The van der Waals surface area contributed by atoms with Crippen molar-refractivity contribution in [2.75, 3.05) is 18.0 Å². The molecule has 1 aromatic carbocycles. The van der Waals surface area contributed by atoms with Gasteiger partial charge >= 0.3 is 0 Å². The molecular weight excluding hydrogens is 322 g/mol. The van der Waals surface area contributed by atoms with Crippen LogP contribution in [-0.2, 0) is 16.4 Å². The Bertz CT molecular complexity index is 761. The number of sulfonamides is 1. The van der Waals surface area contributed by atoms with Crippen LogP contribution >= 0.6 is 0 Å².